The van der Waals surface area contributed by atoms with E-state index in [0.29, 0.717) is 16.3 Å². The van der Waals surface area contributed by atoms with Crippen molar-refractivity contribution < 1.29 is 27.5 Å². The zero-order valence-corrected chi connectivity index (χ0v) is 18.9. The Morgan fingerprint density at radius 2 is 1.77 bits per heavy atom. The molecule has 0 aliphatic rings. The van der Waals surface area contributed by atoms with Crippen LogP contribution in [0, 0.1) is 5.92 Å². The lowest BCUT2D eigenvalue weighted by Crippen LogP contribution is -2.51. The van der Waals surface area contributed by atoms with E-state index in [4.69, 9.17) is 16.3 Å². The third-order valence-corrected chi connectivity index (χ3v) is 6.64. The number of ether oxygens (including phenoxy) is 1. The van der Waals surface area contributed by atoms with Gasteiger partial charge >= 0.3 is 0 Å². The second kappa shape index (κ2) is 11.4. The molecular weight excluding hydrogens is 447 g/mol. The van der Waals surface area contributed by atoms with E-state index < -0.39 is 34.6 Å². The SMILES string of the molecule is CC(C)C(C(=O)NO)N(Cc1ccc(Cl)cc1)S(=O)(=O)c1ccc(OCCCF)cc1. The summed E-state index contributed by atoms with van der Waals surface area (Å²) in [5, 5.41) is 9.69. The van der Waals surface area contributed by atoms with Crippen molar-refractivity contribution in [3.05, 3.63) is 59.1 Å². The number of carbonyl (C=O) groups excluding carboxylic acids is 1. The van der Waals surface area contributed by atoms with Crippen LogP contribution in [0.1, 0.15) is 25.8 Å². The van der Waals surface area contributed by atoms with Gasteiger partial charge in [0, 0.05) is 18.0 Å². The Morgan fingerprint density at radius 1 is 1.16 bits per heavy atom. The molecule has 10 heteroatoms. The average molecular weight is 473 g/mol. The maximum absolute atomic E-state index is 13.5. The van der Waals surface area contributed by atoms with E-state index in [9.17, 15) is 22.8 Å². The zero-order chi connectivity index (χ0) is 23.0. The van der Waals surface area contributed by atoms with E-state index >= 15 is 0 Å². The van der Waals surface area contributed by atoms with Gasteiger partial charge in [0.1, 0.15) is 11.8 Å². The smallest absolute Gasteiger partial charge is 0.262 e. The van der Waals surface area contributed by atoms with Gasteiger partial charge in [0.25, 0.3) is 5.91 Å². The summed E-state index contributed by atoms with van der Waals surface area (Å²) in [6, 6.07) is 11.1. The number of hydrogen-bond donors (Lipinski definition) is 2. The molecule has 2 aromatic carbocycles. The number of nitrogens with zero attached hydrogens (tertiary/aromatic N) is 1. The van der Waals surface area contributed by atoms with E-state index in [1.807, 2.05) is 0 Å². The number of alkyl halides is 1. The van der Waals surface area contributed by atoms with Crippen molar-refractivity contribution >= 4 is 27.5 Å². The van der Waals surface area contributed by atoms with E-state index in [0.717, 1.165) is 4.31 Å². The van der Waals surface area contributed by atoms with Crippen LogP contribution in [0.4, 0.5) is 4.39 Å². The Kier molecular flexibility index (Phi) is 9.24. The molecule has 0 fully saturated rings. The van der Waals surface area contributed by atoms with Crippen LogP contribution in [0.2, 0.25) is 5.02 Å². The molecular formula is C21H26ClFN2O5S. The maximum Gasteiger partial charge on any atom is 0.262 e. The van der Waals surface area contributed by atoms with E-state index in [1.54, 1.807) is 43.6 Å². The van der Waals surface area contributed by atoms with Gasteiger partial charge in [-0.1, -0.05) is 37.6 Å². The molecule has 7 nitrogen and oxygen atoms in total. The Morgan fingerprint density at radius 3 is 2.29 bits per heavy atom. The largest absolute Gasteiger partial charge is 0.493 e. The van der Waals surface area contributed by atoms with Gasteiger partial charge in [0.2, 0.25) is 10.0 Å². The lowest BCUT2D eigenvalue weighted by Gasteiger charge is -2.32. The van der Waals surface area contributed by atoms with Crippen molar-refractivity contribution in [1.29, 1.82) is 0 Å². The summed E-state index contributed by atoms with van der Waals surface area (Å²) in [6.45, 7) is 2.94. The standard InChI is InChI=1S/C21H26ClFN2O5S/c1-15(2)20(21(26)24-27)25(14-16-4-6-17(22)7-5-16)31(28,29)19-10-8-18(9-11-19)30-13-3-12-23/h4-11,15,20,27H,3,12-14H2,1-2H3,(H,24,26). The number of benzene rings is 2. The number of halogens is 2. The van der Waals surface area contributed by atoms with E-state index in [-0.39, 0.29) is 24.5 Å². The summed E-state index contributed by atoms with van der Waals surface area (Å²) < 4.78 is 45.6. The molecule has 2 N–H and O–H groups in total. The molecule has 0 aliphatic heterocycles. The van der Waals surface area contributed by atoms with Crippen LogP contribution >= 0.6 is 11.6 Å². The number of nitrogens with one attached hydrogen (secondary N) is 1. The van der Waals surface area contributed by atoms with Gasteiger partial charge in [-0.15, -0.1) is 0 Å². The normalized spacial score (nSPS) is 12.7. The van der Waals surface area contributed by atoms with Crippen LogP contribution in [-0.4, -0.2) is 43.2 Å². The first-order valence-electron chi connectivity index (χ1n) is 9.69. The minimum Gasteiger partial charge on any atom is -0.493 e. The molecule has 1 amide bonds. The highest BCUT2D eigenvalue weighted by Gasteiger charge is 2.38. The van der Waals surface area contributed by atoms with Gasteiger partial charge in [0.15, 0.2) is 0 Å². The molecule has 1 atom stereocenters. The molecule has 31 heavy (non-hydrogen) atoms. The zero-order valence-electron chi connectivity index (χ0n) is 17.3. The van der Waals surface area contributed by atoms with Gasteiger partial charge in [0.05, 0.1) is 18.2 Å². The van der Waals surface area contributed by atoms with E-state index in [2.05, 4.69) is 0 Å². The first kappa shape index (κ1) is 25.1. The minimum absolute atomic E-state index is 0.0457. The van der Waals surface area contributed by atoms with Gasteiger partial charge < -0.3 is 4.74 Å². The summed E-state index contributed by atoms with van der Waals surface area (Å²) in [7, 11) is -4.14. The van der Waals surface area contributed by atoms with Gasteiger partial charge in [-0.2, -0.15) is 4.31 Å². The predicted octanol–water partition coefficient (Wildman–Crippen LogP) is 3.80. The van der Waals surface area contributed by atoms with Crippen LogP contribution in [0.5, 0.6) is 5.75 Å². The Hall–Kier alpha value is -2.20. The number of carbonyl (C=O) groups is 1. The van der Waals surface area contributed by atoms with Crippen molar-refractivity contribution in [2.75, 3.05) is 13.3 Å². The lowest BCUT2D eigenvalue weighted by atomic mass is 10.0. The number of sulfonamides is 1. The van der Waals surface area contributed by atoms with Crippen LogP contribution in [0.25, 0.3) is 0 Å². The van der Waals surface area contributed by atoms with Crippen molar-refractivity contribution in [3.8, 4) is 5.75 Å². The second-order valence-electron chi connectivity index (χ2n) is 7.20. The van der Waals surface area contributed by atoms with E-state index in [1.165, 1.54) is 24.3 Å². The molecule has 0 spiro atoms. The topological polar surface area (TPSA) is 95.9 Å². The fourth-order valence-electron chi connectivity index (χ4n) is 3.02. The van der Waals surface area contributed by atoms with Crippen LogP contribution < -0.4 is 10.2 Å². The Bertz CT molecular complexity index is 953. The second-order valence-corrected chi connectivity index (χ2v) is 9.53. The fourth-order valence-corrected chi connectivity index (χ4v) is 4.86. The molecule has 0 saturated heterocycles. The molecule has 2 aromatic rings. The molecule has 0 aromatic heterocycles. The molecule has 1 unspecified atom stereocenters. The molecule has 0 aliphatic carbocycles. The van der Waals surface area contributed by atoms with Crippen molar-refractivity contribution in [2.24, 2.45) is 5.92 Å². The third kappa shape index (κ3) is 6.64. The summed E-state index contributed by atoms with van der Waals surface area (Å²) in [5.74, 6) is -0.860. The summed E-state index contributed by atoms with van der Waals surface area (Å²) in [4.78, 5) is 12.3. The van der Waals surface area contributed by atoms with Crippen molar-refractivity contribution in [1.82, 2.24) is 9.79 Å². The summed E-state index contributed by atoms with van der Waals surface area (Å²) in [5.41, 5.74) is 2.19. The van der Waals surface area contributed by atoms with Crippen molar-refractivity contribution in [3.63, 3.8) is 0 Å². The van der Waals surface area contributed by atoms with Crippen LogP contribution in [0.3, 0.4) is 0 Å². The number of rotatable bonds is 11. The molecule has 0 radical (unpaired) electrons. The highest BCUT2D eigenvalue weighted by atomic mass is 35.5. The molecule has 170 valence electrons. The van der Waals surface area contributed by atoms with Crippen molar-refractivity contribution in [2.45, 2.75) is 37.8 Å². The number of amides is 1. The average Bonchev–Trinajstić information content (AvgIpc) is 2.74. The highest BCUT2D eigenvalue weighted by Crippen LogP contribution is 2.27. The predicted molar refractivity (Wildman–Crippen MR) is 115 cm³/mol. The van der Waals surface area contributed by atoms with Gasteiger partial charge in [-0.25, -0.2) is 13.9 Å². The molecule has 0 heterocycles. The lowest BCUT2D eigenvalue weighted by molar-refractivity contribution is -0.134. The molecule has 0 bridgehead atoms. The first-order valence-corrected chi connectivity index (χ1v) is 11.5. The summed E-state index contributed by atoms with van der Waals surface area (Å²) in [6.07, 6.45) is 0.237. The van der Waals surface area contributed by atoms with Gasteiger partial charge in [-0.05, 0) is 47.9 Å². The maximum atomic E-state index is 13.5. The fraction of sp³-hybridized carbons (Fsp3) is 0.381. The number of hydrogen-bond acceptors (Lipinski definition) is 5. The molecule has 2 rings (SSSR count). The monoisotopic (exact) mass is 472 g/mol. The highest BCUT2D eigenvalue weighted by molar-refractivity contribution is 7.89. The Balaban J connectivity index is 2.42. The quantitative estimate of drug-likeness (QED) is 0.294. The first-order chi connectivity index (χ1) is 14.7. The van der Waals surface area contributed by atoms with Gasteiger partial charge in [-0.3, -0.25) is 14.4 Å². The number of hydroxylamine groups is 1. The Labute approximate surface area is 186 Å². The molecule has 0 saturated carbocycles. The van der Waals surface area contributed by atoms with Crippen LogP contribution in [0.15, 0.2) is 53.4 Å². The summed E-state index contributed by atoms with van der Waals surface area (Å²) >= 11 is 5.92. The third-order valence-electron chi connectivity index (χ3n) is 4.55. The van der Waals surface area contributed by atoms with Crippen LogP contribution in [-0.2, 0) is 21.4 Å². The minimum atomic E-state index is -4.14.